The van der Waals surface area contributed by atoms with Crippen LogP contribution in [0.15, 0.2) is 78.9 Å². The molecular weight excluding hydrogens is 625 g/mol. The summed E-state index contributed by atoms with van der Waals surface area (Å²) in [5.41, 5.74) is 0.891. The van der Waals surface area contributed by atoms with Crippen LogP contribution in [0, 0.1) is 5.41 Å². The molecule has 0 bridgehead atoms. The van der Waals surface area contributed by atoms with Crippen molar-refractivity contribution in [1.82, 2.24) is 0 Å². The molecule has 264 valence electrons. The summed E-state index contributed by atoms with van der Waals surface area (Å²) in [6.45, 7) is 17.8. The Bertz CT molecular complexity index is 1380. The molecule has 0 unspecified atom stereocenters. The number of ether oxygens (including phenoxy) is 5. The maximum atomic E-state index is 13.2. The molecule has 1 N–H and O–H groups in total. The van der Waals surface area contributed by atoms with E-state index in [0.29, 0.717) is 19.6 Å². The Kier molecular flexibility index (Phi) is 14.3. The second kappa shape index (κ2) is 17.4. The van der Waals surface area contributed by atoms with E-state index in [9.17, 15) is 9.90 Å². The Balaban J connectivity index is 2.01. The minimum atomic E-state index is -2.08. The molecule has 3 aromatic carbocycles. The highest BCUT2D eigenvalue weighted by Gasteiger charge is 2.45. The van der Waals surface area contributed by atoms with Gasteiger partial charge in [-0.25, -0.2) is 0 Å². The molecule has 0 heterocycles. The molecule has 0 amide bonds. The normalized spacial score (nSPS) is 14.3. The van der Waals surface area contributed by atoms with Gasteiger partial charge in [0.25, 0.3) is 0 Å². The van der Waals surface area contributed by atoms with Crippen LogP contribution in [0.5, 0.6) is 11.5 Å². The third-order valence-electron chi connectivity index (χ3n) is 8.83. The molecule has 0 aliphatic carbocycles. The van der Waals surface area contributed by atoms with E-state index in [-0.39, 0.29) is 43.2 Å². The van der Waals surface area contributed by atoms with Gasteiger partial charge in [0.1, 0.15) is 18.1 Å². The molecule has 0 saturated carbocycles. The van der Waals surface area contributed by atoms with Gasteiger partial charge in [0.2, 0.25) is 0 Å². The molecule has 3 rings (SSSR count). The first-order valence-electron chi connectivity index (χ1n) is 16.6. The van der Waals surface area contributed by atoms with Gasteiger partial charge in [0.15, 0.2) is 13.9 Å². The zero-order valence-electron chi connectivity index (χ0n) is 30.3. The fourth-order valence-corrected chi connectivity index (χ4v) is 5.66. The van der Waals surface area contributed by atoms with Crippen molar-refractivity contribution in [3.63, 3.8) is 0 Å². The van der Waals surface area contributed by atoms with E-state index >= 15 is 0 Å². The number of phenolic OH excluding ortho intramolecular Hbond substituents is 1. The summed E-state index contributed by atoms with van der Waals surface area (Å²) in [6, 6.07) is 24.5. The highest BCUT2D eigenvalue weighted by molar-refractivity contribution is 6.74. The SMILES string of the molecule is COc1ccc(COC[C@](COC(=O)C(C)(C)C)(OCc2ccccc2)[C@@H](CCO[Si](C)(C)C(C)(C)C)OCc2ccc(O)cc2)cc1. The van der Waals surface area contributed by atoms with Crippen molar-refractivity contribution in [2.24, 2.45) is 5.41 Å². The van der Waals surface area contributed by atoms with Crippen LogP contribution in [-0.4, -0.2) is 58.0 Å². The van der Waals surface area contributed by atoms with Crippen LogP contribution in [-0.2, 0) is 48.0 Å². The van der Waals surface area contributed by atoms with Crippen molar-refractivity contribution < 1.29 is 38.0 Å². The number of esters is 1. The molecule has 2 atom stereocenters. The lowest BCUT2D eigenvalue weighted by Crippen LogP contribution is -2.55. The van der Waals surface area contributed by atoms with Crippen LogP contribution in [0.25, 0.3) is 0 Å². The molecule has 0 aliphatic heterocycles. The molecule has 0 spiro atoms. The summed E-state index contributed by atoms with van der Waals surface area (Å²) in [6.07, 6.45) is -0.123. The lowest BCUT2D eigenvalue weighted by molar-refractivity contribution is -0.217. The lowest BCUT2D eigenvalue weighted by atomic mass is 9.94. The third kappa shape index (κ3) is 12.0. The largest absolute Gasteiger partial charge is 0.508 e. The molecule has 0 aromatic heterocycles. The molecular formula is C39H56O8Si. The number of phenols is 1. The topological polar surface area (TPSA) is 92.7 Å². The van der Waals surface area contributed by atoms with Gasteiger partial charge in [-0.3, -0.25) is 4.79 Å². The van der Waals surface area contributed by atoms with Crippen LogP contribution in [0.3, 0.4) is 0 Å². The highest BCUT2D eigenvalue weighted by Crippen LogP contribution is 2.37. The van der Waals surface area contributed by atoms with Crippen LogP contribution in [0.4, 0.5) is 0 Å². The zero-order chi connectivity index (χ0) is 35.4. The first-order chi connectivity index (χ1) is 22.5. The molecule has 0 aliphatic rings. The molecule has 48 heavy (non-hydrogen) atoms. The summed E-state index contributed by atoms with van der Waals surface area (Å²) in [4.78, 5) is 13.2. The van der Waals surface area contributed by atoms with Gasteiger partial charge in [-0.2, -0.15) is 0 Å². The van der Waals surface area contributed by atoms with Crippen molar-refractivity contribution in [2.75, 3.05) is 26.9 Å². The number of hydrogen-bond donors (Lipinski definition) is 1. The molecule has 0 fully saturated rings. The van der Waals surface area contributed by atoms with Crippen molar-refractivity contribution in [2.45, 2.75) is 97.6 Å². The summed E-state index contributed by atoms with van der Waals surface area (Å²) in [5, 5.41) is 9.89. The summed E-state index contributed by atoms with van der Waals surface area (Å²) >= 11 is 0. The Labute approximate surface area is 288 Å². The van der Waals surface area contributed by atoms with Gasteiger partial charge in [-0.1, -0.05) is 75.4 Å². The van der Waals surface area contributed by atoms with Crippen molar-refractivity contribution in [1.29, 1.82) is 0 Å². The van der Waals surface area contributed by atoms with Crippen molar-refractivity contribution in [3.05, 3.63) is 95.6 Å². The van der Waals surface area contributed by atoms with Gasteiger partial charge < -0.3 is 33.2 Å². The Morgan fingerprint density at radius 1 is 0.771 bits per heavy atom. The van der Waals surface area contributed by atoms with E-state index in [1.807, 2.05) is 87.5 Å². The van der Waals surface area contributed by atoms with Gasteiger partial charge in [0.05, 0.1) is 45.1 Å². The second-order valence-corrected chi connectivity index (χ2v) is 19.7. The van der Waals surface area contributed by atoms with Crippen LogP contribution in [0.1, 0.15) is 64.7 Å². The summed E-state index contributed by atoms with van der Waals surface area (Å²) < 4.78 is 38.0. The number of benzene rings is 3. The van der Waals surface area contributed by atoms with Crippen LogP contribution in [0.2, 0.25) is 18.1 Å². The Morgan fingerprint density at radius 2 is 1.35 bits per heavy atom. The Morgan fingerprint density at radius 3 is 1.94 bits per heavy atom. The molecule has 9 heteroatoms. The predicted octanol–water partition coefficient (Wildman–Crippen LogP) is 8.46. The van der Waals surface area contributed by atoms with Gasteiger partial charge >= 0.3 is 5.97 Å². The number of carbonyl (C=O) groups excluding carboxylic acids is 1. The number of methoxy groups -OCH3 is 1. The monoisotopic (exact) mass is 680 g/mol. The van der Waals surface area contributed by atoms with Crippen molar-refractivity contribution in [3.8, 4) is 11.5 Å². The first kappa shape index (κ1) is 39.2. The number of aromatic hydroxyl groups is 1. The van der Waals surface area contributed by atoms with E-state index < -0.39 is 25.4 Å². The van der Waals surface area contributed by atoms with Gasteiger partial charge in [-0.15, -0.1) is 0 Å². The smallest absolute Gasteiger partial charge is 0.311 e. The van der Waals surface area contributed by atoms with E-state index in [4.69, 9.17) is 28.1 Å². The average Bonchev–Trinajstić information content (AvgIpc) is 3.04. The van der Waals surface area contributed by atoms with Gasteiger partial charge in [0, 0.05) is 6.61 Å². The average molecular weight is 681 g/mol. The lowest BCUT2D eigenvalue weighted by Gasteiger charge is -2.41. The summed E-state index contributed by atoms with van der Waals surface area (Å²) in [7, 11) is -0.450. The van der Waals surface area contributed by atoms with Crippen LogP contribution >= 0.6 is 0 Å². The standard InChI is InChI=1S/C39H56O8Si/c1-37(2,3)36(41)45-29-39(46-27-30-13-11-10-12-14-30,28-43-25-31-17-21-34(42-7)22-18-31)35(23-24-47-48(8,9)38(4,5)6)44-26-32-15-19-33(40)20-16-32/h10-22,35,40H,23-29H2,1-9H3/t35-,39-/m1/s1. The molecule has 8 nitrogen and oxygen atoms in total. The van der Waals surface area contributed by atoms with Crippen molar-refractivity contribution >= 4 is 14.3 Å². The highest BCUT2D eigenvalue weighted by atomic mass is 28.4. The molecule has 0 radical (unpaired) electrons. The third-order valence-corrected chi connectivity index (χ3v) is 13.4. The van der Waals surface area contributed by atoms with E-state index in [2.05, 4.69) is 33.9 Å². The predicted molar refractivity (Wildman–Crippen MR) is 191 cm³/mol. The second-order valence-electron chi connectivity index (χ2n) is 14.9. The maximum Gasteiger partial charge on any atom is 0.311 e. The number of carbonyl (C=O) groups is 1. The Hall–Kier alpha value is -3.21. The fourth-order valence-electron chi connectivity index (χ4n) is 4.60. The number of rotatable bonds is 18. The minimum Gasteiger partial charge on any atom is -0.508 e. The molecule has 0 saturated heterocycles. The number of hydrogen-bond acceptors (Lipinski definition) is 8. The van der Waals surface area contributed by atoms with Crippen LogP contribution < -0.4 is 4.74 Å². The van der Waals surface area contributed by atoms with E-state index in [1.54, 1.807) is 19.2 Å². The summed E-state index contributed by atoms with van der Waals surface area (Å²) in [5.74, 6) is 0.595. The first-order valence-corrected chi connectivity index (χ1v) is 19.5. The zero-order valence-corrected chi connectivity index (χ0v) is 31.3. The molecule has 3 aromatic rings. The van der Waals surface area contributed by atoms with E-state index in [0.717, 1.165) is 22.4 Å². The van der Waals surface area contributed by atoms with E-state index in [1.165, 1.54) is 0 Å². The maximum absolute atomic E-state index is 13.2. The van der Waals surface area contributed by atoms with Gasteiger partial charge in [-0.05, 0) is 86.3 Å². The quantitative estimate of drug-likeness (QED) is 0.106. The fraction of sp³-hybridized carbons (Fsp3) is 0.513. The minimum absolute atomic E-state index is 0.0278.